The van der Waals surface area contributed by atoms with Crippen molar-refractivity contribution in [3.63, 3.8) is 0 Å². The minimum Gasteiger partial charge on any atom is -0.327 e. The molecule has 0 bridgehead atoms. The van der Waals surface area contributed by atoms with Gasteiger partial charge >= 0.3 is 0 Å². The van der Waals surface area contributed by atoms with Crippen molar-refractivity contribution in [1.29, 1.82) is 0 Å². The molecule has 2 unspecified atom stereocenters. The first-order chi connectivity index (χ1) is 10.2. The van der Waals surface area contributed by atoms with Crippen LogP contribution >= 0.6 is 11.3 Å². The van der Waals surface area contributed by atoms with Crippen LogP contribution in [0.4, 0.5) is 4.39 Å². The minimum absolute atomic E-state index is 0.176. The van der Waals surface area contributed by atoms with Crippen molar-refractivity contribution in [2.45, 2.75) is 25.4 Å². The van der Waals surface area contributed by atoms with Crippen LogP contribution in [0, 0.1) is 11.7 Å². The lowest BCUT2D eigenvalue weighted by molar-refractivity contribution is 0.149. The van der Waals surface area contributed by atoms with E-state index in [1.807, 2.05) is 23.5 Å². The lowest BCUT2D eigenvalue weighted by Gasteiger charge is -2.36. The Labute approximate surface area is 129 Å². The topological polar surface area (TPSA) is 29.3 Å². The van der Waals surface area contributed by atoms with E-state index in [9.17, 15) is 4.39 Å². The van der Waals surface area contributed by atoms with Gasteiger partial charge in [0.15, 0.2) is 0 Å². The van der Waals surface area contributed by atoms with Gasteiger partial charge in [-0.2, -0.15) is 0 Å². The molecule has 1 aliphatic rings. The molecule has 0 saturated carbocycles. The maximum atomic E-state index is 13.0. The van der Waals surface area contributed by atoms with E-state index in [2.05, 4.69) is 22.4 Å². The first-order valence-electron chi connectivity index (χ1n) is 7.44. The fourth-order valence-electron chi connectivity index (χ4n) is 3.19. The molecule has 1 aliphatic heterocycles. The summed E-state index contributed by atoms with van der Waals surface area (Å²) in [6.45, 7) is 2.86. The molecule has 2 N–H and O–H groups in total. The van der Waals surface area contributed by atoms with E-state index in [0.717, 1.165) is 38.0 Å². The van der Waals surface area contributed by atoms with Crippen LogP contribution in [-0.4, -0.2) is 24.0 Å². The van der Waals surface area contributed by atoms with Crippen molar-refractivity contribution in [2.24, 2.45) is 11.7 Å². The Morgan fingerprint density at radius 1 is 1.19 bits per heavy atom. The van der Waals surface area contributed by atoms with Crippen LogP contribution in [0.25, 0.3) is 0 Å². The van der Waals surface area contributed by atoms with Crippen molar-refractivity contribution in [3.8, 4) is 0 Å². The Morgan fingerprint density at radius 3 is 2.71 bits per heavy atom. The largest absolute Gasteiger partial charge is 0.327 e. The van der Waals surface area contributed by atoms with Gasteiger partial charge in [0.2, 0.25) is 0 Å². The number of nitrogens with zero attached hydrogens (tertiary/aromatic N) is 1. The van der Waals surface area contributed by atoms with Gasteiger partial charge in [0.05, 0.1) is 0 Å². The Bertz CT molecular complexity index is 553. The number of rotatable bonds is 4. The highest BCUT2D eigenvalue weighted by Gasteiger charge is 2.25. The number of thiophene rings is 1. The van der Waals surface area contributed by atoms with Crippen LogP contribution in [0.1, 0.15) is 16.9 Å². The molecule has 1 aromatic heterocycles. The molecule has 2 atom stereocenters. The average molecular weight is 304 g/mol. The van der Waals surface area contributed by atoms with Gasteiger partial charge in [0.1, 0.15) is 5.82 Å². The van der Waals surface area contributed by atoms with E-state index in [-0.39, 0.29) is 11.9 Å². The third-order valence-corrected chi connectivity index (χ3v) is 4.93. The van der Waals surface area contributed by atoms with Gasteiger partial charge in [-0.15, -0.1) is 11.3 Å². The molecule has 3 rings (SSSR count). The summed E-state index contributed by atoms with van der Waals surface area (Å²) >= 11 is 1.82. The van der Waals surface area contributed by atoms with Crippen molar-refractivity contribution >= 4 is 11.3 Å². The van der Waals surface area contributed by atoms with Crippen molar-refractivity contribution in [1.82, 2.24) is 4.90 Å². The number of halogens is 1. The van der Waals surface area contributed by atoms with E-state index in [4.69, 9.17) is 5.73 Å². The number of hydrogen-bond acceptors (Lipinski definition) is 3. The molecule has 21 heavy (non-hydrogen) atoms. The number of likely N-dealkylation sites (tertiary alicyclic amines) is 1. The molecule has 0 spiro atoms. The molecule has 2 aromatic rings. The fourth-order valence-corrected chi connectivity index (χ4v) is 4.01. The minimum atomic E-state index is -0.176. The molecule has 112 valence electrons. The summed E-state index contributed by atoms with van der Waals surface area (Å²) in [6.07, 6.45) is 2.21. The van der Waals surface area contributed by atoms with Gasteiger partial charge in [-0.05, 0) is 47.9 Å². The van der Waals surface area contributed by atoms with E-state index in [1.54, 1.807) is 0 Å². The molecule has 2 nitrogen and oxygen atoms in total. The molecule has 1 saturated heterocycles. The molecule has 1 fully saturated rings. The lowest BCUT2D eigenvalue weighted by atomic mass is 9.91. The van der Waals surface area contributed by atoms with Crippen molar-refractivity contribution in [2.75, 3.05) is 13.1 Å². The molecule has 0 amide bonds. The van der Waals surface area contributed by atoms with Crippen LogP contribution in [-0.2, 0) is 13.0 Å². The van der Waals surface area contributed by atoms with Crippen LogP contribution < -0.4 is 5.73 Å². The molecule has 0 aliphatic carbocycles. The fraction of sp³-hybridized carbons (Fsp3) is 0.412. The number of hydrogen-bond donors (Lipinski definition) is 1. The van der Waals surface area contributed by atoms with Crippen molar-refractivity contribution < 1.29 is 4.39 Å². The van der Waals surface area contributed by atoms with Gasteiger partial charge < -0.3 is 5.73 Å². The number of piperidine rings is 1. The normalized spacial score (nSPS) is 23.3. The first-order valence-corrected chi connectivity index (χ1v) is 8.32. The van der Waals surface area contributed by atoms with Crippen LogP contribution in [0.3, 0.4) is 0 Å². The molecular weight excluding hydrogens is 283 g/mol. The Balaban J connectivity index is 1.61. The summed E-state index contributed by atoms with van der Waals surface area (Å²) in [5.41, 5.74) is 7.38. The second kappa shape index (κ2) is 6.69. The van der Waals surface area contributed by atoms with Gasteiger partial charge in [0, 0.05) is 30.6 Å². The SMILES string of the molecule is NC1CC(Cc2cccs2)CN(Cc2ccc(F)cc2)C1. The first kappa shape index (κ1) is 14.7. The summed E-state index contributed by atoms with van der Waals surface area (Å²) in [4.78, 5) is 3.84. The maximum Gasteiger partial charge on any atom is 0.123 e. The molecule has 2 heterocycles. The lowest BCUT2D eigenvalue weighted by Crippen LogP contribution is -2.47. The molecule has 1 aromatic carbocycles. The van der Waals surface area contributed by atoms with Gasteiger partial charge in [-0.1, -0.05) is 18.2 Å². The Hall–Kier alpha value is -1.23. The quantitative estimate of drug-likeness (QED) is 0.939. The molecule has 0 radical (unpaired) electrons. The maximum absolute atomic E-state index is 13.0. The Morgan fingerprint density at radius 2 is 2.00 bits per heavy atom. The average Bonchev–Trinajstić information content (AvgIpc) is 2.93. The second-order valence-electron chi connectivity index (χ2n) is 5.97. The zero-order chi connectivity index (χ0) is 14.7. The van der Waals surface area contributed by atoms with E-state index in [1.165, 1.54) is 17.0 Å². The van der Waals surface area contributed by atoms with Gasteiger partial charge in [-0.3, -0.25) is 4.90 Å². The standard InChI is InChI=1S/C17H21FN2S/c18-15-5-3-13(4-6-15)10-20-11-14(8-16(19)12-20)9-17-2-1-7-21-17/h1-7,14,16H,8-12,19H2. The second-order valence-corrected chi connectivity index (χ2v) is 7.00. The van der Waals surface area contributed by atoms with E-state index >= 15 is 0 Å². The van der Waals surface area contributed by atoms with Gasteiger partial charge in [-0.25, -0.2) is 4.39 Å². The highest BCUT2D eigenvalue weighted by atomic mass is 32.1. The third kappa shape index (κ3) is 4.13. The smallest absolute Gasteiger partial charge is 0.123 e. The van der Waals surface area contributed by atoms with Crippen LogP contribution in [0.5, 0.6) is 0 Å². The zero-order valence-corrected chi connectivity index (χ0v) is 12.9. The molecule has 4 heteroatoms. The van der Waals surface area contributed by atoms with Gasteiger partial charge in [0.25, 0.3) is 0 Å². The molecular formula is C17H21FN2S. The summed E-state index contributed by atoms with van der Waals surface area (Å²) in [5.74, 6) is 0.442. The van der Waals surface area contributed by atoms with E-state index < -0.39 is 0 Å². The Kier molecular flexibility index (Phi) is 4.68. The van der Waals surface area contributed by atoms with E-state index in [0.29, 0.717) is 5.92 Å². The number of nitrogens with two attached hydrogens (primary N) is 1. The predicted molar refractivity (Wildman–Crippen MR) is 85.8 cm³/mol. The highest BCUT2D eigenvalue weighted by molar-refractivity contribution is 7.09. The summed E-state index contributed by atoms with van der Waals surface area (Å²) in [6, 6.07) is 11.3. The zero-order valence-electron chi connectivity index (χ0n) is 12.0. The monoisotopic (exact) mass is 304 g/mol. The van der Waals surface area contributed by atoms with Crippen LogP contribution in [0.2, 0.25) is 0 Å². The summed E-state index contributed by atoms with van der Waals surface area (Å²) < 4.78 is 13.0. The number of benzene rings is 1. The van der Waals surface area contributed by atoms with Crippen LogP contribution in [0.15, 0.2) is 41.8 Å². The summed E-state index contributed by atoms with van der Waals surface area (Å²) in [7, 11) is 0. The summed E-state index contributed by atoms with van der Waals surface area (Å²) in [5, 5.41) is 2.13. The third-order valence-electron chi connectivity index (χ3n) is 4.03. The van der Waals surface area contributed by atoms with Crippen molar-refractivity contribution in [3.05, 3.63) is 58.0 Å². The predicted octanol–water partition coefficient (Wildman–Crippen LogP) is 3.28. The highest BCUT2D eigenvalue weighted by Crippen LogP contribution is 2.23.